The monoisotopic (exact) mass is 230 g/mol. The van der Waals surface area contributed by atoms with Crippen molar-refractivity contribution in [2.75, 3.05) is 11.9 Å². The van der Waals surface area contributed by atoms with Gasteiger partial charge in [-0.1, -0.05) is 6.07 Å². The fourth-order valence-electron chi connectivity index (χ4n) is 2.14. The van der Waals surface area contributed by atoms with E-state index in [2.05, 4.69) is 5.32 Å². The van der Waals surface area contributed by atoms with Crippen molar-refractivity contribution in [2.45, 2.75) is 25.1 Å². The second-order valence-corrected chi connectivity index (χ2v) is 4.11. The van der Waals surface area contributed by atoms with Gasteiger partial charge >= 0.3 is 6.18 Å². The maximum Gasteiger partial charge on any atom is 0.416 e. The Labute approximate surface area is 91.6 Å². The van der Waals surface area contributed by atoms with Crippen LogP contribution in [0.5, 0.6) is 0 Å². The van der Waals surface area contributed by atoms with E-state index in [0.717, 1.165) is 6.07 Å². The summed E-state index contributed by atoms with van der Waals surface area (Å²) in [5, 5.41) is 2.96. The molecule has 1 aliphatic rings. The predicted octanol–water partition coefficient (Wildman–Crippen LogP) is 2.56. The van der Waals surface area contributed by atoms with Crippen molar-refractivity contribution in [3.63, 3.8) is 0 Å². The molecule has 2 unspecified atom stereocenters. The lowest BCUT2D eigenvalue weighted by Gasteiger charge is -2.19. The maximum absolute atomic E-state index is 12.8. The molecule has 0 aromatic heterocycles. The third-order valence-corrected chi connectivity index (χ3v) is 2.93. The van der Waals surface area contributed by atoms with E-state index in [1.807, 2.05) is 0 Å². The number of anilines is 1. The van der Waals surface area contributed by atoms with Crippen LogP contribution in [0.1, 0.15) is 24.0 Å². The molecule has 0 spiro atoms. The average Bonchev–Trinajstić information content (AvgIpc) is 2.58. The number of nitrogens with one attached hydrogen (secondary N) is 1. The van der Waals surface area contributed by atoms with Crippen molar-refractivity contribution in [3.05, 3.63) is 29.3 Å². The van der Waals surface area contributed by atoms with Crippen molar-refractivity contribution in [1.82, 2.24) is 0 Å². The first-order valence-corrected chi connectivity index (χ1v) is 5.11. The summed E-state index contributed by atoms with van der Waals surface area (Å²) in [6.07, 6.45) is -4.31. The number of rotatable bonds is 1. The Kier molecular flexibility index (Phi) is 2.58. The summed E-state index contributed by atoms with van der Waals surface area (Å²) < 4.78 is 38.4. The molecule has 0 saturated carbocycles. The van der Waals surface area contributed by atoms with Crippen LogP contribution in [0.25, 0.3) is 0 Å². The molecule has 1 heterocycles. The van der Waals surface area contributed by atoms with Gasteiger partial charge in [0.15, 0.2) is 0 Å². The second kappa shape index (κ2) is 3.66. The van der Waals surface area contributed by atoms with Gasteiger partial charge < -0.3 is 11.1 Å². The van der Waals surface area contributed by atoms with Gasteiger partial charge in [-0.25, -0.2) is 0 Å². The van der Waals surface area contributed by atoms with E-state index >= 15 is 0 Å². The highest BCUT2D eigenvalue weighted by atomic mass is 19.4. The largest absolute Gasteiger partial charge is 0.416 e. The van der Waals surface area contributed by atoms with Gasteiger partial charge in [0.1, 0.15) is 0 Å². The van der Waals surface area contributed by atoms with Crippen LogP contribution in [0, 0.1) is 0 Å². The third-order valence-electron chi connectivity index (χ3n) is 2.93. The van der Waals surface area contributed by atoms with Gasteiger partial charge in [0.25, 0.3) is 0 Å². The first-order valence-electron chi connectivity index (χ1n) is 5.11. The van der Waals surface area contributed by atoms with E-state index < -0.39 is 11.7 Å². The minimum atomic E-state index is -4.31. The lowest BCUT2D eigenvalue weighted by molar-refractivity contribution is -0.138. The Hall–Kier alpha value is -1.23. The van der Waals surface area contributed by atoms with Crippen LogP contribution in [0.4, 0.5) is 18.9 Å². The molecule has 0 fully saturated rings. The summed E-state index contributed by atoms with van der Waals surface area (Å²) in [6, 6.07) is 3.89. The average molecular weight is 230 g/mol. The zero-order chi connectivity index (χ0) is 11.9. The molecule has 3 N–H and O–H groups in total. The van der Waals surface area contributed by atoms with E-state index in [4.69, 9.17) is 5.73 Å². The molecule has 88 valence electrons. The summed E-state index contributed by atoms with van der Waals surface area (Å²) >= 11 is 0. The number of fused-ring (bicyclic) bond motifs is 1. The highest BCUT2D eigenvalue weighted by Gasteiger charge is 2.39. The van der Waals surface area contributed by atoms with Gasteiger partial charge in [0.2, 0.25) is 0 Å². The third kappa shape index (κ3) is 1.75. The zero-order valence-electron chi connectivity index (χ0n) is 8.81. The summed E-state index contributed by atoms with van der Waals surface area (Å²) in [7, 11) is 0. The van der Waals surface area contributed by atoms with Crippen LogP contribution in [0.2, 0.25) is 0 Å². The second-order valence-electron chi connectivity index (χ2n) is 4.11. The molecule has 1 aromatic rings. The summed E-state index contributed by atoms with van der Waals surface area (Å²) in [4.78, 5) is 0. The topological polar surface area (TPSA) is 38.0 Å². The van der Waals surface area contributed by atoms with E-state index in [1.165, 1.54) is 6.07 Å². The SMILES string of the molecule is CC(N)C1CNc2cccc(C(F)(F)F)c21. The quantitative estimate of drug-likeness (QED) is 0.778. The number of hydrogen-bond donors (Lipinski definition) is 2. The van der Waals surface area contributed by atoms with Gasteiger partial charge in [0.05, 0.1) is 5.56 Å². The van der Waals surface area contributed by atoms with E-state index in [1.54, 1.807) is 13.0 Å². The van der Waals surface area contributed by atoms with Crippen LogP contribution in [0.3, 0.4) is 0 Å². The van der Waals surface area contributed by atoms with E-state index in [-0.39, 0.29) is 12.0 Å². The van der Waals surface area contributed by atoms with Gasteiger partial charge in [-0.05, 0) is 24.6 Å². The Morgan fingerprint density at radius 3 is 2.69 bits per heavy atom. The Balaban J connectivity index is 2.54. The van der Waals surface area contributed by atoms with Crippen molar-refractivity contribution in [1.29, 1.82) is 0 Å². The highest BCUT2D eigenvalue weighted by Crippen LogP contribution is 2.42. The molecule has 0 saturated heterocycles. The molecule has 0 bridgehead atoms. The number of benzene rings is 1. The molecular weight excluding hydrogens is 217 g/mol. The van der Waals surface area contributed by atoms with Crippen LogP contribution >= 0.6 is 0 Å². The standard InChI is InChI=1S/C11H13F3N2/c1-6(15)7-5-16-9-4-2-3-8(10(7)9)11(12,13)14/h2-4,6-7,16H,5,15H2,1H3. The van der Waals surface area contributed by atoms with Gasteiger partial charge in [0, 0.05) is 24.2 Å². The molecule has 0 aliphatic carbocycles. The van der Waals surface area contributed by atoms with Crippen LogP contribution < -0.4 is 11.1 Å². The van der Waals surface area contributed by atoms with Gasteiger partial charge in [-0.2, -0.15) is 13.2 Å². The van der Waals surface area contributed by atoms with Crippen molar-refractivity contribution in [3.8, 4) is 0 Å². The van der Waals surface area contributed by atoms with Crippen LogP contribution in [-0.2, 0) is 6.18 Å². The van der Waals surface area contributed by atoms with Crippen molar-refractivity contribution >= 4 is 5.69 Å². The Morgan fingerprint density at radius 1 is 1.44 bits per heavy atom. The zero-order valence-corrected chi connectivity index (χ0v) is 8.81. The molecule has 2 rings (SSSR count). The minimum Gasteiger partial charge on any atom is -0.384 e. The maximum atomic E-state index is 12.8. The van der Waals surface area contributed by atoms with Crippen LogP contribution in [-0.4, -0.2) is 12.6 Å². The number of alkyl halides is 3. The van der Waals surface area contributed by atoms with Gasteiger partial charge in [-0.15, -0.1) is 0 Å². The Morgan fingerprint density at radius 2 is 2.12 bits per heavy atom. The fraction of sp³-hybridized carbons (Fsp3) is 0.455. The van der Waals surface area contributed by atoms with Crippen LogP contribution in [0.15, 0.2) is 18.2 Å². The molecule has 2 nitrogen and oxygen atoms in total. The highest BCUT2D eigenvalue weighted by molar-refractivity contribution is 5.62. The molecule has 5 heteroatoms. The molecule has 0 radical (unpaired) electrons. The fourth-order valence-corrected chi connectivity index (χ4v) is 2.14. The normalized spacial score (nSPS) is 21.4. The molecule has 1 aliphatic heterocycles. The lowest BCUT2D eigenvalue weighted by atomic mass is 9.91. The van der Waals surface area contributed by atoms with E-state index in [9.17, 15) is 13.2 Å². The Bertz CT molecular complexity index is 399. The summed E-state index contributed by atoms with van der Waals surface area (Å²) in [6.45, 7) is 2.20. The molecule has 16 heavy (non-hydrogen) atoms. The van der Waals surface area contributed by atoms with Crippen molar-refractivity contribution in [2.24, 2.45) is 5.73 Å². The van der Waals surface area contributed by atoms with E-state index in [0.29, 0.717) is 17.8 Å². The predicted molar refractivity (Wildman–Crippen MR) is 56.3 cm³/mol. The van der Waals surface area contributed by atoms with Gasteiger partial charge in [-0.3, -0.25) is 0 Å². The molecule has 2 atom stereocenters. The van der Waals surface area contributed by atoms with Crippen molar-refractivity contribution < 1.29 is 13.2 Å². The first kappa shape index (κ1) is 11.3. The first-order chi connectivity index (χ1) is 7.41. The molecular formula is C11H13F3N2. The minimum absolute atomic E-state index is 0.271. The smallest absolute Gasteiger partial charge is 0.384 e. The number of hydrogen-bond acceptors (Lipinski definition) is 2. The number of halogens is 3. The molecule has 1 aromatic carbocycles. The summed E-state index contributed by atoms with van der Waals surface area (Å²) in [5.41, 5.74) is 6.01. The molecule has 0 amide bonds. The lowest BCUT2D eigenvalue weighted by Crippen LogP contribution is -2.27. The number of nitrogens with two attached hydrogens (primary N) is 1. The summed E-state index contributed by atoms with van der Waals surface area (Å²) in [5.74, 6) is -0.271.